The largest absolute Gasteiger partial charge is 0.397 e. The highest BCUT2D eigenvalue weighted by atomic mass is 16.4. The van der Waals surface area contributed by atoms with E-state index in [1.165, 1.54) is 12.1 Å². The van der Waals surface area contributed by atoms with E-state index in [4.69, 9.17) is 11.5 Å². The van der Waals surface area contributed by atoms with Crippen LogP contribution < -0.4 is 33.6 Å². The summed E-state index contributed by atoms with van der Waals surface area (Å²) < 4.78 is 4.50. The number of nitrogen functional groups attached to an aromatic ring is 2. The maximum absolute atomic E-state index is 12.7. The van der Waals surface area contributed by atoms with Crippen molar-refractivity contribution in [2.24, 2.45) is 0 Å². The summed E-state index contributed by atoms with van der Waals surface area (Å²) in [6.07, 6.45) is 0. The smallest absolute Gasteiger partial charge is 0.349 e. The summed E-state index contributed by atoms with van der Waals surface area (Å²) in [4.78, 5) is 49.0. The lowest BCUT2D eigenvalue weighted by Gasteiger charge is -2.07. The van der Waals surface area contributed by atoms with Crippen molar-refractivity contribution in [3.05, 3.63) is 65.6 Å². The van der Waals surface area contributed by atoms with E-state index in [-0.39, 0.29) is 43.7 Å². The fourth-order valence-corrected chi connectivity index (χ4v) is 3.02. The third-order valence-corrected chi connectivity index (χ3v) is 4.04. The molecule has 0 aliphatic carbocycles. The van der Waals surface area contributed by atoms with Crippen LogP contribution in [0.4, 0.5) is 11.4 Å². The Morgan fingerprint density at radius 1 is 0.652 bits per heavy atom. The van der Waals surface area contributed by atoms with Crippen LogP contribution in [0.2, 0.25) is 0 Å². The number of nitrogens with two attached hydrogens (primary N) is 2. The second-order valence-electron chi connectivity index (χ2n) is 5.21. The minimum absolute atomic E-state index is 0.156. The SMILES string of the molecule is Nc1c2c(=O)oc(=O)c2c(N)c2c(=O)c3ccccc3c(=O)c12. The van der Waals surface area contributed by atoms with Gasteiger partial charge in [0.25, 0.3) is 0 Å². The van der Waals surface area contributed by atoms with Gasteiger partial charge in [0.05, 0.1) is 22.1 Å². The summed E-state index contributed by atoms with van der Waals surface area (Å²) in [5, 5.41) is -0.478. The molecule has 0 saturated carbocycles. The summed E-state index contributed by atoms with van der Waals surface area (Å²) in [6.45, 7) is 0. The minimum atomic E-state index is -0.976. The van der Waals surface area contributed by atoms with Gasteiger partial charge in [0, 0.05) is 10.8 Å². The van der Waals surface area contributed by atoms with E-state index >= 15 is 0 Å². The molecule has 3 aromatic carbocycles. The summed E-state index contributed by atoms with van der Waals surface area (Å²) in [6, 6.07) is 6.20. The molecule has 0 amide bonds. The lowest BCUT2D eigenvalue weighted by Crippen LogP contribution is -2.17. The van der Waals surface area contributed by atoms with Crippen LogP contribution in [0.15, 0.2) is 47.9 Å². The fraction of sp³-hybridized carbons (Fsp3) is 0. The van der Waals surface area contributed by atoms with Gasteiger partial charge < -0.3 is 15.9 Å². The maximum Gasteiger partial charge on any atom is 0.349 e. The lowest BCUT2D eigenvalue weighted by atomic mass is 9.97. The van der Waals surface area contributed by atoms with Crippen molar-refractivity contribution < 1.29 is 4.42 Å². The van der Waals surface area contributed by atoms with Crippen molar-refractivity contribution in [3.8, 4) is 0 Å². The van der Waals surface area contributed by atoms with Gasteiger partial charge >= 0.3 is 11.3 Å². The van der Waals surface area contributed by atoms with E-state index in [9.17, 15) is 19.2 Å². The van der Waals surface area contributed by atoms with Crippen molar-refractivity contribution in [3.63, 3.8) is 0 Å². The molecule has 7 nitrogen and oxygen atoms in total. The molecule has 4 rings (SSSR count). The van der Waals surface area contributed by atoms with E-state index in [0.29, 0.717) is 0 Å². The molecule has 0 unspecified atom stereocenters. The Bertz CT molecular complexity index is 1250. The number of rotatable bonds is 0. The van der Waals surface area contributed by atoms with Crippen molar-refractivity contribution >= 4 is 43.7 Å². The van der Waals surface area contributed by atoms with Gasteiger partial charge in [-0.25, -0.2) is 9.59 Å². The highest BCUT2D eigenvalue weighted by molar-refractivity contribution is 6.20. The van der Waals surface area contributed by atoms with Crippen LogP contribution in [-0.4, -0.2) is 0 Å². The minimum Gasteiger partial charge on any atom is -0.397 e. The molecule has 0 radical (unpaired) electrons. The van der Waals surface area contributed by atoms with E-state index in [2.05, 4.69) is 4.42 Å². The first-order valence-corrected chi connectivity index (χ1v) is 6.63. The Kier molecular flexibility index (Phi) is 2.32. The molecular weight excluding hydrogens is 300 g/mol. The van der Waals surface area contributed by atoms with Gasteiger partial charge in [-0.05, 0) is 0 Å². The van der Waals surface area contributed by atoms with Crippen molar-refractivity contribution in [2.75, 3.05) is 11.5 Å². The zero-order valence-corrected chi connectivity index (χ0v) is 11.5. The van der Waals surface area contributed by atoms with Crippen LogP contribution in [0, 0.1) is 0 Å². The fourth-order valence-electron chi connectivity index (χ4n) is 3.02. The van der Waals surface area contributed by atoms with Crippen LogP contribution in [-0.2, 0) is 0 Å². The van der Waals surface area contributed by atoms with E-state index in [1.807, 2.05) is 0 Å². The molecule has 23 heavy (non-hydrogen) atoms. The number of furan rings is 1. The van der Waals surface area contributed by atoms with Crippen LogP contribution in [0.3, 0.4) is 0 Å². The number of hydrogen-bond acceptors (Lipinski definition) is 7. The average Bonchev–Trinajstić information content (AvgIpc) is 2.83. The number of fused-ring (bicyclic) bond motifs is 3. The first-order chi connectivity index (χ1) is 10.9. The van der Waals surface area contributed by atoms with Gasteiger partial charge in [0.15, 0.2) is 10.9 Å². The molecule has 0 bridgehead atoms. The van der Waals surface area contributed by atoms with Crippen molar-refractivity contribution in [2.45, 2.75) is 0 Å². The van der Waals surface area contributed by atoms with Crippen molar-refractivity contribution in [1.29, 1.82) is 0 Å². The summed E-state index contributed by atoms with van der Waals surface area (Å²) in [5.74, 6) is 0. The third kappa shape index (κ3) is 1.43. The Morgan fingerprint density at radius 3 is 1.43 bits per heavy atom. The van der Waals surface area contributed by atoms with Crippen LogP contribution in [0.1, 0.15) is 0 Å². The van der Waals surface area contributed by atoms with E-state index in [0.717, 1.165) is 0 Å². The van der Waals surface area contributed by atoms with Crippen LogP contribution in [0.5, 0.6) is 0 Å². The summed E-state index contributed by atoms with van der Waals surface area (Å²) in [7, 11) is 0. The highest BCUT2D eigenvalue weighted by Gasteiger charge is 2.23. The van der Waals surface area contributed by atoms with Crippen molar-refractivity contribution in [1.82, 2.24) is 0 Å². The molecule has 4 N–H and O–H groups in total. The second-order valence-corrected chi connectivity index (χ2v) is 5.21. The van der Waals surface area contributed by atoms with Crippen LogP contribution >= 0.6 is 0 Å². The monoisotopic (exact) mass is 308 g/mol. The Labute approximate surface area is 126 Å². The molecule has 0 aliphatic rings. The summed E-state index contributed by atoms with van der Waals surface area (Å²) in [5.41, 5.74) is 8.31. The predicted molar refractivity (Wildman–Crippen MR) is 87.5 cm³/mol. The maximum atomic E-state index is 12.7. The topological polar surface area (TPSA) is 133 Å². The molecule has 7 heteroatoms. The molecule has 0 atom stereocenters. The second kappa shape index (κ2) is 4.04. The van der Waals surface area contributed by atoms with Gasteiger partial charge in [-0.3, -0.25) is 9.59 Å². The molecular formula is C16H8N2O5. The van der Waals surface area contributed by atoms with Gasteiger partial charge in [-0.15, -0.1) is 0 Å². The number of hydrogen-bond donors (Lipinski definition) is 2. The quantitative estimate of drug-likeness (QED) is 0.269. The first-order valence-electron chi connectivity index (χ1n) is 6.63. The normalized spacial score (nSPS) is 11.7. The Morgan fingerprint density at radius 2 is 1.04 bits per heavy atom. The molecule has 4 aromatic rings. The van der Waals surface area contributed by atoms with E-state index < -0.39 is 22.1 Å². The zero-order valence-electron chi connectivity index (χ0n) is 11.5. The van der Waals surface area contributed by atoms with Gasteiger partial charge in [-0.2, -0.15) is 0 Å². The number of benzene rings is 3. The molecule has 0 saturated heterocycles. The van der Waals surface area contributed by atoms with Gasteiger partial charge in [-0.1, -0.05) is 24.3 Å². The standard InChI is InChI=1S/C16H8N2O5/c17-11-7-8(12(18)10-9(11)15(21)23-16(10)22)14(20)6-4-2-1-3-5(6)13(7)19/h1-4H,17-18H2. The molecule has 0 fully saturated rings. The molecule has 1 aromatic heterocycles. The molecule has 112 valence electrons. The summed E-state index contributed by atoms with van der Waals surface area (Å²) >= 11 is 0. The lowest BCUT2D eigenvalue weighted by molar-refractivity contribution is 0.500. The van der Waals surface area contributed by atoms with Gasteiger partial charge in [0.1, 0.15) is 10.8 Å². The molecule has 1 heterocycles. The third-order valence-electron chi connectivity index (χ3n) is 4.04. The molecule has 0 spiro atoms. The van der Waals surface area contributed by atoms with E-state index in [1.54, 1.807) is 12.1 Å². The first kappa shape index (κ1) is 13.2. The Hall–Kier alpha value is -3.48. The van der Waals surface area contributed by atoms with Gasteiger partial charge in [0.2, 0.25) is 0 Å². The Balaban J connectivity index is 2.56. The number of anilines is 2. The zero-order chi connectivity index (χ0) is 16.5. The highest BCUT2D eigenvalue weighted by Crippen LogP contribution is 2.31. The molecule has 0 aliphatic heterocycles. The average molecular weight is 308 g/mol. The predicted octanol–water partition coefficient (Wildman–Crippen LogP) is 0.220. The van der Waals surface area contributed by atoms with Crippen LogP contribution in [0.25, 0.3) is 32.3 Å².